The number of esters is 2. The summed E-state index contributed by atoms with van der Waals surface area (Å²) in [4.78, 5) is 87.2. The first kappa shape index (κ1) is 47.1. The van der Waals surface area contributed by atoms with Crippen molar-refractivity contribution in [3.8, 4) is 11.5 Å². The van der Waals surface area contributed by atoms with Gasteiger partial charge in [-0.25, -0.2) is 29.1 Å². The molecule has 2 aromatic carbocycles. The lowest BCUT2D eigenvalue weighted by atomic mass is 10.2. The molecule has 0 saturated carbocycles. The van der Waals surface area contributed by atoms with Gasteiger partial charge in [0.15, 0.2) is 22.7 Å². The van der Waals surface area contributed by atoms with E-state index >= 15 is 0 Å². The van der Waals surface area contributed by atoms with Crippen molar-refractivity contribution in [2.45, 2.75) is 13.2 Å². The first-order chi connectivity index (χ1) is 31.2. The Kier molecular flexibility index (Phi) is 15.4. The molecule has 2 fully saturated rings. The molecule has 340 valence electrons. The van der Waals surface area contributed by atoms with Crippen LogP contribution in [0.15, 0.2) is 94.8 Å². The lowest BCUT2D eigenvalue weighted by Crippen LogP contribution is -2.29. The number of amides is 2. The number of hydrogen-bond acceptors (Lipinski definition) is 16. The third-order valence-electron chi connectivity index (χ3n) is 9.57. The second-order valence-electron chi connectivity index (χ2n) is 14.4. The lowest BCUT2D eigenvalue weighted by Gasteiger charge is -2.21. The van der Waals surface area contributed by atoms with Gasteiger partial charge in [0.2, 0.25) is 11.5 Å². The molecule has 6 aromatic rings. The van der Waals surface area contributed by atoms with E-state index in [1.54, 1.807) is 37.5 Å². The van der Waals surface area contributed by atoms with Crippen LogP contribution in [0.4, 0.5) is 26.7 Å². The molecule has 2 saturated heterocycles. The molecule has 2 aliphatic rings. The van der Waals surface area contributed by atoms with Gasteiger partial charge in [-0.3, -0.25) is 23.3 Å². The average Bonchev–Trinajstić information content (AvgIpc) is 3.98. The van der Waals surface area contributed by atoms with E-state index in [4.69, 9.17) is 23.7 Å². The highest BCUT2D eigenvalue weighted by molar-refractivity contribution is 14.1. The van der Waals surface area contributed by atoms with Gasteiger partial charge in [0.25, 0.3) is 0 Å². The monoisotopic (exact) mass is 1000 g/mol. The number of anilines is 3. The number of ether oxygens (including phenoxy) is 6. The number of methoxy groups -OCH3 is 2. The maximum Gasteiger partial charge on any atom is 0.414 e. The number of fused-ring (bicyclic) bond motifs is 2. The lowest BCUT2D eigenvalue weighted by molar-refractivity contribution is 0.0579. The number of halogens is 1. The summed E-state index contributed by atoms with van der Waals surface area (Å²) in [6.07, 6.45) is 2.39. The summed E-state index contributed by atoms with van der Waals surface area (Å²) in [6.45, 7) is 1.90. The number of hydrogen-bond donors (Lipinski definition) is 1. The number of benzene rings is 2. The molecule has 0 bridgehead atoms. The van der Waals surface area contributed by atoms with Crippen LogP contribution >= 0.6 is 22.6 Å². The maximum absolute atomic E-state index is 13.5. The van der Waals surface area contributed by atoms with Gasteiger partial charge in [0, 0.05) is 40.6 Å². The van der Waals surface area contributed by atoms with Crippen LogP contribution in [0.5, 0.6) is 11.5 Å². The number of aromatic nitrogens is 4. The van der Waals surface area contributed by atoms with Gasteiger partial charge < -0.3 is 43.5 Å². The number of carbonyl (C=O) groups excluding carboxylic acids is 4. The van der Waals surface area contributed by atoms with Crippen LogP contribution in [0.25, 0.3) is 11.3 Å². The Hall–Kier alpha value is -7.43. The molecule has 0 radical (unpaired) electrons. The topological polar surface area (TPSA) is 214 Å². The van der Waals surface area contributed by atoms with Crippen molar-refractivity contribution in [2.24, 2.45) is 0 Å². The third-order valence-corrected chi connectivity index (χ3v) is 10.4. The normalized spacial score (nSPS) is 12.8. The largest absolute Gasteiger partial charge is 0.481 e. The second-order valence-corrected chi connectivity index (χ2v) is 15.5. The fourth-order valence-corrected chi connectivity index (χ4v) is 6.90. The quantitative estimate of drug-likeness (QED) is 0.107. The zero-order valence-corrected chi connectivity index (χ0v) is 38.4. The Morgan fingerprint density at radius 1 is 0.708 bits per heavy atom. The molecule has 8 rings (SSSR count). The molecule has 4 aromatic heterocycles. The predicted molar refractivity (Wildman–Crippen MR) is 247 cm³/mol. The van der Waals surface area contributed by atoms with E-state index in [9.17, 15) is 28.8 Å². The molecular weight excluding hydrogens is 959 g/mol. The molecule has 2 amide bonds. The Labute approximate surface area is 385 Å². The van der Waals surface area contributed by atoms with E-state index in [0.717, 1.165) is 20.4 Å². The van der Waals surface area contributed by atoms with Crippen molar-refractivity contribution >= 4 is 75.1 Å². The van der Waals surface area contributed by atoms with Crippen molar-refractivity contribution in [1.29, 1.82) is 0 Å². The van der Waals surface area contributed by atoms with Gasteiger partial charge in [0.05, 0.1) is 47.9 Å². The minimum Gasteiger partial charge on any atom is -0.481 e. The average molecular weight is 1000 g/mol. The van der Waals surface area contributed by atoms with Crippen LogP contribution < -0.4 is 40.6 Å². The van der Waals surface area contributed by atoms with Crippen LogP contribution in [-0.4, -0.2) is 112 Å². The molecule has 65 heavy (non-hydrogen) atoms. The van der Waals surface area contributed by atoms with Gasteiger partial charge in [-0.2, -0.15) is 0 Å². The summed E-state index contributed by atoms with van der Waals surface area (Å²) in [7, 11) is 9.81. The molecular formula is C44H45IN8O12. The summed E-state index contributed by atoms with van der Waals surface area (Å²) in [5, 5.41) is 2.46. The summed E-state index contributed by atoms with van der Waals surface area (Å²) in [5.74, 6) is -1.90. The predicted octanol–water partition coefficient (Wildman–Crippen LogP) is 4.54. The van der Waals surface area contributed by atoms with Crippen molar-refractivity contribution in [3.63, 3.8) is 0 Å². The Morgan fingerprint density at radius 2 is 1.20 bits per heavy atom. The number of nitrogens with one attached hydrogen (secondary N) is 1. The van der Waals surface area contributed by atoms with Crippen LogP contribution in [0.2, 0.25) is 0 Å². The summed E-state index contributed by atoms with van der Waals surface area (Å²) < 4.78 is 33.9. The number of cyclic esters (lactones) is 2. The maximum atomic E-state index is 13.5. The smallest absolute Gasteiger partial charge is 0.414 e. The highest BCUT2D eigenvalue weighted by Crippen LogP contribution is 2.30. The van der Waals surface area contributed by atoms with Gasteiger partial charge >= 0.3 is 35.2 Å². The van der Waals surface area contributed by atoms with E-state index in [0.29, 0.717) is 36.7 Å². The SMILES string of the molecule is COC(=O)c1nc2c(I)cc(N(C)C)cn2c(=O)c1OCc1ccccc1.COC(=O)c1nc2c(N3CCOC3=O)cc(N(C)C)cn2c(=O)c1OCc1ccccc1.O=C1NCCO1. The van der Waals surface area contributed by atoms with Crippen LogP contribution in [0.1, 0.15) is 32.1 Å². The standard InChI is InChI=1S/C22H22N4O6.C19H18IN3O4.C3H5NO2/c1-24(2)15-11-16(25-9-10-31-22(25)29)19-23-17(21(28)30-3)18(20(27)26(19)12-15)32-13-14-7-5-4-6-8-14;1-22(2)13-9-14(20)17-21-15(19(25)26-3)16(18(24)23(17)10-13)27-11-12-7-5-4-6-8-12;5-3-4-1-2-6-3/h4-8,11-12H,9-10,13H2,1-3H3;4-10H,11H2,1-3H3;1-2H2,(H,4,5). The van der Waals surface area contributed by atoms with Crippen molar-refractivity contribution in [3.05, 3.63) is 132 Å². The summed E-state index contributed by atoms with van der Waals surface area (Å²) in [5.41, 5.74) is 2.55. The van der Waals surface area contributed by atoms with Gasteiger partial charge in [-0.15, -0.1) is 0 Å². The summed E-state index contributed by atoms with van der Waals surface area (Å²) >= 11 is 2.09. The molecule has 0 atom stereocenters. The highest BCUT2D eigenvalue weighted by Gasteiger charge is 2.30. The number of rotatable bonds is 11. The zero-order valence-electron chi connectivity index (χ0n) is 36.2. The minimum absolute atomic E-state index is 0.0620. The van der Waals surface area contributed by atoms with Crippen molar-refractivity contribution in [2.75, 3.05) is 83.4 Å². The number of carbonyl (C=O) groups is 4. The number of pyridine rings is 2. The van der Waals surface area contributed by atoms with Crippen LogP contribution in [0, 0.1) is 3.57 Å². The molecule has 21 heteroatoms. The Morgan fingerprint density at radius 3 is 1.62 bits per heavy atom. The van der Waals surface area contributed by atoms with Gasteiger partial charge in [-0.1, -0.05) is 60.7 Å². The summed E-state index contributed by atoms with van der Waals surface area (Å²) in [6, 6.07) is 22.2. The number of nitrogens with zero attached hydrogens (tertiary/aromatic N) is 7. The Bertz CT molecular complexity index is 2830. The van der Waals surface area contributed by atoms with Crippen molar-refractivity contribution in [1.82, 2.24) is 24.1 Å². The van der Waals surface area contributed by atoms with E-state index in [-0.39, 0.29) is 54.4 Å². The highest BCUT2D eigenvalue weighted by atomic mass is 127. The van der Waals surface area contributed by atoms with Crippen LogP contribution in [-0.2, 0) is 32.2 Å². The fraction of sp³-hybridized carbons (Fsp3) is 0.273. The van der Waals surface area contributed by atoms with Gasteiger partial charge in [0.1, 0.15) is 26.4 Å². The zero-order chi connectivity index (χ0) is 46.8. The Balaban J connectivity index is 0.000000193. The van der Waals surface area contributed by atoms with Crippen molar-refractivity contribution < 1.29 is 47.6 Å². The molecule has 20 nitrogen and oxygen atoms in total. The fourth-order valence-electron chi connectivity index (χ4n) is 6.20. The molecule has 0 aliphatic carbocycles. The van der Waals surface area contributed by atoms with Crippen LogP contribution in [0.3, 0.4) is 0 Å². The molecule has 6 heterocycles. The minimum atomic E-state index is -0.820. The first-order valence-corrected chi connectivity index (χ1v) is 20.9. The van der Waals surface area contributed by atoms with E-state index < -0.39 is 29.2 Å². The third kappa shape index (κ3) is 11.0. The van der Waals surface area contributed by atoms with Gasteiger partial charge in [-0.05, 0) is 45.9 Å². The van der Waals surface area contributed by atoms with E-state index in [1.165, 1.54) is 27.9 Å². The molecule has 0 spiro atoms. The molecule has 0 unspecified atom stereocenters. The van der Waals surface area contributed by atoms with E-state index in [2.05, 4.69) is 42.6 Å². The van der Waals surface area contributed by atoms with E-state index in [1.807, 2.05) is 85.7 Å². The first-order valence-electron chi connectivity index (χ1n) is 19.8. The second kappa shape index (κ2) is 21.3. The number of alkyl carbamates (subject to hydrolysis) is 1. The molecule has 1 N–H and O–H groups in total. The molecule has 2 aliphatic heterocycles.